The van der Waals surface area contributed by atoms with E-state index in [0.29, 0.717) is 0 Å². The average molecular weight is 295 g/mol. The summed E-state index contributed by atoms with van der Waals surface area (Å²) in [5, 5.41) is 4.60. The van der Waals surface area contributed by atoms with Gasteiger partial charge in [-0.25, -0.2) is 0 Å². The molecule has 0 bridgehead atoms. The lowest BCUT2D eigenvalue weighted by Gasteiger charge is -2.26. The van der Waals surface area contributed by atoms with Crippen LogP contribution in [0.2, 0.25) is 0 Å². The highest BCUT2D eigenvalue weighted by Crippen LogP contribution is 2.05. The van der Waals surface area contributed by atoms with E-state index in [4.69, 9.17) is 0 Å². The molecule has 0 atom stereocenters. The van der Waals surface area contributed by atoms with E-state index in [1.165, 1.54) is 0 Å². The number of rotatable bonds is 12. The van der Waals surface area contributed by atoms with Gasteiger partial charge in [-0.05, 0) is 39.6 Å². The Labute approximate surface area is 132 Å². The molecule has 0 aromatic carbocycles. The van der Waals surface area contributed by atoms with Crippen LogP contribution < -0.4 is 0 Å². The maximum Gasteiger partial charge on any atom is 0.0519 e. The normalized spacial score (nSPS) is 13.3. The highest BCUT2D eigenvalue weighted by Gasteiger charge is 1.96. The summed E-state index contributed by atoms with van der Waals surface area (Å²) >= 11 is 0. The number of hydrogen-bond acceptors (Lipinski definition) is 3. The molecule has 0 aliphatic heterocycles. The van der Waals surface area contributed by atoms with Crippen LogP contribution in [-0.4, -0.2) is 67.9 Å². The predicted octanol–water partition coefficient (Wildman–Crippen LogP) is 3.41. The lowest BCUT2D eigenvalue weighted by Crippen LogP contribution is -2.26. The van der Waals surface area contributed by atoms with Gasteiger partial charge in [-0.1, -0.05) is 40.7 Å². The zero-order valence-electron chi connectivity index (χ0n) is 15.0. The minimum absolute atomic E-state index is 0.872. The molecule has 0 aromatic rings. The maximum atomic E-state index is 4.60. The minimum atomic E-state index is 0.872. The maximum absolute atomic E-state index is 4.60. The lowest BCUT2D eigenvalue weighted by atomic mass is 10.3. The van der Waals surface area contributed by atoms with Gasteiger partial charge in [0.25, 0.3) is 0 Å². The first-order valence-electron chi connectivity index (χ1n) is 8.38. The van der Waals surface area contributed by atoms with E-state index in [-0.39, 0.29) is 0 Å². The summed E-state index contributed by atoms with van der Waals surface area (Å²) in [6.07, 6.45) is 2.09. The third-order valence-corrected chi connectivity index (χ3v) is 3.76. The summed E-state index contributed by atoms with van der Waals surface area (Å²) in [5.74, 6) is 0. The zero-order chi connectivity index (χ0) is 16.1. The van der Waals surface area contributed by atoms with Gasteiger partial charge in [0.2, 0.25) is 0 Å². The SMILES string of the molecule is CCN(CC)CCN=C(C)/C=C(\C)[N-]CCN(CC)CC. The van der Waals surface area contributed by atoms with Gasteiger partial charge in [0.1, 0.15) is 0 Å². The van der Waals surface area contributed by atoms with Gasteiger partial charge in [0.05, 0.1) is 6.54 Å². The van der Waals surface area contributed by atoms with E-state index < -0.39 is 0 Å². The Bertz CT molecular complexity index is 302. The van der Waals surface area contributed by atoms with Crippen LogP contribution in [0.15, 0.2) is 16.8 Å². The first-order chi connectivity index (χ1) is 10.1. The molecule has 0 aliphatic carbocycles. The monoisotopic (exact) mass is 295 g/mol. The Kier molecular flexibility index (Phi) is 12.3. The smallest absolute Gasteiger partial charge is 0.0519 e. The predicted molar refractivity (Wildman–Crippen MR) is 95.5 cm³/mol. The molecule has 0 saturated heterocycles. The van der Waals surface area contributed by atoms with Crippen molar-refractivity contribution in [2.24, 2.45) is 4.99 Å². The third kappa shape index (κ3) is 10.5. The van der Waals surface area contributed by atoms with Crippen molar-refractivity contribution in [1.82, 2.24) is 9.80 Å². The Balaban J connectivity index is 4.05. The van der Waals surface area contributed by atoms with Gasteiger partial charge >= 0.3 is 0 Å². The fraction of sp³-hybridized carbons (Fsp3) is 0.824. The molecule has 0 unspecified atom stereocenters. The summed E-state index contributed by atoms with van der Waals surface area (Å²) in [7, 11) is 0. The second-order valence-corrected chi connectivity index (χ2v) is 5.24. The van der Waals surface area contributed by atoms with Crippen LogP contribution in [0.1, 0.15) is 41.5 Å². The number of likely N-dealkylation sites (N-methyl/N-ethyl adjacent to an activating group) is 2. The van der Waals surface area contributed by atoms with Crippen molar-refractivity contribution in [1.29, 1.82) is 0 Å². The number of allylic oxidation sites excluding steroid dienone is 2. The Morgan fingerprint density at radius 2 is 1.43 bits per heavy atom. The number of hydrogen-bond donors (Lipinski definition) is 0. The molecular formula is C17H35N4-. The Hall–Kier alpha value is -0.870. The molecule has 0 amide bonds. The second-order valence-electron chi connectivity index (χ2n) is 5.24. The van der Waals surface area contributed by atoms with E-state index >= 15 is 0 Å². The minimum Gasteiger partial charge on any atom is -0.687 e. The molecule has 21 heavy (non-hydrogen) atoms. The van der Waals surface area contributed by atoms with Crippen molar-refractivity contribution in [3.63, 3.8) is 0 Å². The van der Waals surface area contributed by atoms with Gasteiger partial charge in [0.15, 0.2) is 0 Å². The summed E-state index contributed by atoms with van der Waals surface area (Å²) in [4.78, 5) is 9.38. The summed E-state index contributed by atoms with van der Waals surface area (Å²) in [6, 6.07) is 0. The molecule has 0 aromatic heterocycles. The number of nitrogens with zero attached hydrogens (tertiary/aromatic N) is 4. The average Bonchev–Trinajstić information content (AvgIpc) is 2.48. The molecule has 4 nitrogen and oxygen atoms in total. The van der Waals surface area contributed by atoms with Gasteiger partial charge < -0.3 is 15.1 Å². The van der Waals surface area contributed by atoms with E-state index in [2.05, 4.69) is 67.7 Å². The van der Waals surface area contributed by atoms with Crippen molar-refractivity contribution in [2.75, 3.05) is 52.4 Å². The summed E-state index contributed by atoms with van der Waals surface area (Å²) in [5.41, 5.74) is 2.15. The van der Waals surface area contributed by atoms with Crippen molar-refractivity contribution >= 4 is 5.71 Å². The standard InChI is InChI=1S/C17H35N4/c1-7-20(8-2)13-11-18-16(5)15-17(6)19-12-14-21(9-3)10-4/h15H,7-14H2,1-6H3/q-1/b16-15+,19-17?. The van der Waals surface area contributed by atoms with Crippen LogP contribution in [0, 0.1) is 0 Å². The van der Waals surface area contributed by atoms with Crippen molar-refractivity contribution in [3.05, 3.63) is 17.1 Å². The molecule has 124 valence electrons. The first kappa shape index (κ1) is 20.1. The molecule has 0 fully saturated rings. The Morgan fingerprint density at radius 3 is 1.95 bits per heavy atom. The van der Waals surface area contributed by atoms with Crippen LogP contribution in [0.3, 0.4) is 0 Å². The molecule has 0 aliphatic rings. The second kappa shape index (κ2) is 12.8. The van der Waals surface area contributed by atoms with Crippen molar-refractivity contribution in [3.8, 4) is 0 Å². The van der Waals surface area contributed by atoms with Crippen LogP contribution in [0.5, 0.6) is 0 Å². The van der Waals surface area contributed by atoms with Gasteiger partial charge in [0, 0.05) is 12.3 Å². The molecular weight excluding hydrogens is 260 g/mol. The molecule has 0 radical (unpaired) electrons. The van der Waals surface area contributed by atoms with E-state index in [1.54, 1.807) is 0 Å². The lowest BCUT2D eigenvalue weighted by molar-refractivity contribution is 0.313. The van der Waals surface area contributed by atoms with E-state index in [0.717, 1.165) is 63.8 Å². The molecule has 0 heterocycles. The number of aliphatic imine (C=N–C) groups is 1. The van der Waals surface area contributed by atoms with Gasteiger partial charge in [-0.2, -0.15) is 5.70 Å². The van der Waals surface area contributed by atoms with Gasteiger partial charge in [-0.3, -0.25) is 4.99 Å². The van der Waals surface area contributed by atoms with Crippen LogP contribution in [-0.2, 0) is 0 Å². The molecule has 0 saturated carbocycles. The van der Waals surface area contributed by atoms with Crippen LogP contribution in [0.4, 0.5) is 0 Å². The molecule has 0 spiro atoms. The highest BCUT2D eigenvalue weighted by atomic mass is 15.1. The first-order valence-corrected chi connectivity index (χ1v) is 8.38. The highest BCUT2D eigenvalue weighted by molar-refractivity contribution is 5.93. The zero-order valence-corrected chi connectivity index (χ0v) is 15.0. The van der Waals surface area contributed by atoms with Crippen molar-refractivity contribution < 1.29 is 0 Å². The molecule has 4 heteroatoms. The van der Waals surface area contributed by atoms with Gasteiger partial charge in [-0.15, -0.1) is 6.54 Å². The molecule has 0 rings (SSSR count). The summed E-state index contributed by atoms with van der Waals surface area (Å²) in [6.45, 7) is 21.1. The van der Waals surface area contributed by atoms with Crippen LogP contribution in [0.25, 0.3) is 5.32 Å². The quantitative estimate of drug-likeness (QED) is 0.517. The third-order valence-electron chi connectivity index (χ3n) is 3.76. The van der Waals surface area contributed by atoms with Crippen LogP contribution >= 0.6 is 0 Å². The van der Waals surface area contributed by atoms with E-state index in [1.807, 2.05) is 0 Å². The largest absolute Gasteiger partial charge is 0.687 e. The topological polar surface area (TPSA) is 32.9 Å². The summed E-state index contributed by atoms with van der Waals surface area (Å²) < 4.78 is 0. The Morgan fingerprint density at radius 1 is 0.905 bits per heavy atom. The fourth-order valence-electron chi connectivity index (χ4n) is 2.21. The van der Waals surface area contributed by atoms with E-state index in [9.17, 15) is 0 Å². The molecule has 0 N–H and O–H groups in total. The van der Waals surface area contributed by atoms with Crippen molar-refractivity contribution in [2.45, 2.75) is 41.5 Å². The fourth-order valence-corrected chi connectivity index (χ4v) is 2.21.